The van der Waals surface area contributed by atoms with Crippen molar-refractivity contribution in [3.8, 4) is 11.6 Å². The molecular formula is C17H17NO3. The Labute approximate surface area is 123 Å². The number of benzene rings is 1. The minimum absolute atomic E-state index is 0.407. The van der Waals surface area contributed by atoms with E-state index in [1.54, 1.807) is 13.2 Å². The van der Waals surface area contributed by atoms with Crippen molar-refractivity contribution in [1.29, 1.82) is 0 Å². The molecule has 3 rings (SSSR count). The monoisotopic (exact) mass is 283 g/mol. The SMILES string of the molecule is COc1ccc(COc2nc(C=O)ccc2C2CC2)cc1. The number of ether oxygens (including phenoxy) is 2. The van der Waals surface area contributed by atoms with Crippen molar-refractivity contribution in [2.45, 2.75) is 25.4 Å². The summed E-state index contributed by atoms with van der Waals surface area (Å²) in [6.07, 6.45) is 3.08. The summed E-state index contributed by atoms with van der Waals surface area (Å²) in [6, 6.07) is 11.4. The van der Waals surface area contributed by atoms with Crippen LogP contribution in [0.4, 0.5) is 0 Å². The summed E-state index contributed by atoms with van der Waals surface area (Å²) in [5, 5.41) is 0. The van der Waals surface area contributed by atoms with Gasteiger partial charge >= 0.3 is 0 Å². The molecule has 1 fully saturated rings. The maximum absolute atomic E-state index is 10.9. The Morgan fingerprint density at radius 3 is 2.57 bits per heavy atom. The molecule has 0 aliphatic heterocycles. The topological polar surface area (TPSA) is 48.4 Å². The number of carbonyl (C=O) groups is 1. The van der Waals surface area contributed by atoms with Crippen molar-refractivity contribution in [2.24, 2.45) is 0 Å². The number of aromatic nitrogens is 1. The molecule has 21 heavy (non-hydrogen) atoms. The molecule has 4 heteroatoms. The molecule has 1 aliphatic carbocycles. The van der Waals surface area contributed by atoms with Crippen LogP contribution >= 0.6 is 0 Å². The van der Waals surface area contributed by atoms with Gasteiger partial charge < -0.3 is 9.47 Å². The Balaban J connectivity index is 1.75. The molecule has 0 amide bonds. The second kappa shape index (κ2) is 5.95. The second-order valence-electron chi connectivity index (χ2n) is 5.16. The highest BCUT2D eigenvalue weighted by molar-refractivity contribution is 5.72. The lowest BCUT2D eigenvalue weighted by Crippen LogP contribution is -2.02. The molecule has 0 unspecified atom stereocenters. The van der Waals surface area contributed by atoms with E-state index in [0.717, 1.165) is 23.2 Å². The number of pyridine rings is 1. The largest absolute Gasteiger partial charge is 0.497 e. The summed E-state index contributed by atoms with van der Waals surface area (Å²) in [7, 11) is 1.64. The summed E-state index contributed by atoms with van der Waals surface area (Å²) in [5.41, 5.74) is 2.55. The summed E-state index contributed by atoms with van der Waals surface area (Å²) >= 11 is 0. The lowest BCUT2D eigenvalue weighted by Gasteiger charge is -2.11. The third-order valence-electron chi connectivity index (χ3n) is 3.58. The Kier molecular flexibility index (Phi) is 3.86. The molecule has 0 atom stereocenters. The van der Waals surface area contributed by atoms with Crippen molar-refractivity contribution in [3.05, 3.63) is 53.2 Å². The van der Waals surface area contributed by atoms with E-state index < -0.39 is 0 Å². The lowest BCUT2D eigenvalue weighted by molar-refractivity contribution is 0.111. The van der Waals surface area contributed by atoms with Crippen LogP contribution in [0.5, 0.6) is 11.6 Å². The Morgan fingerprint density at radius 1 is 1.19 bits per heavy atom. The van der Waals surface area contributed by atoms with Crippen LogP contribution in [0.15, 0.2) is 36.4 Å². The van der Waals surface area contributed by atoms with E-state index in [0.29, 0.717) is 24.1 Å². The normalized spacial score (nSPS) is 13.8. The fourth-order valence-corrected chi connectivity index (χ4v) is 2.23. The molecule has 108 valence electrons. The highest BCUT2D eigenvalue weighted by Gasteiger charge is 2.27. The molecule has 1 aromatic carbocycles. The minimum atomic E-state index is 0.407. The zero-order chi connectivity index (χ0) is 14.7. The van der Waals surface area contributed by atoms with Crippen LogP contribution in [-0.4, -0.2) is 18.4 Å². The number of hydrogen-bond donors (Lipinski definition) is 0. The summed E-state index contributed by atoms with van der Waals surface area (Å²) < 4.78 is 11.0. The van der Waals surface area contributed by atoms with Crippen molar-refractivity contribution in [2.75, 3.05) is 7.11 Å². The molecule has 1 aliphatic rings. The number of nitrogens with zero attached hydrogens (tertiary/aromatic N) is 1. The van der Waals surface area contributed by atoms with Gasteiger partial charge in [0.15, 0.2) is 6.29 Å². The van der Waals surface area contributed by atoms with Gasteiger partial charge in [-0.1, -0.05) is 18.2 Å². The molecule has 0 saturated heterocycles. The van der Waals surface area contributed by atoms with Gasteiger partial charge in [-0.25, -0.2) is 4.98 Å². The molecule has 0 radical (unpaired) electrons. The van der Waals surface area contributed by atoms with Crippen LogP contribution in [0.3, 0.4) is 0 Å². The predicted octanol–water partition coefficient (Wildman–Crippen LogP) is 3.36. The molecular weight excluding hydrogens is 266 g/mol. The Morgan fingerprint density at radius 2 is 1.95 bits per heavy atom. The van der Waals surface area contributed by atoms with Crippen molar-refractivity contribution < 1.29 is 14.3 Å². The van der Waals surface area contributed by atoms with Crippen LogP contribution in [0.25, 0.3) is 0 Å². The van der Waals surface area contributed by atoms with E-state index in [1.807, 2.05) is 30.3 Å². The lowest BCUT2D eigenvalue weighted by atomic mass is 10.1. The minimum Gasteiger partial charge on any atom is -0.497 e. The van der Waals surface area contributed by atoms with Gasteiger partial charge in [-0.05, 0) is 42.5 Å². The number of carbonyl (C=O) groups excluding carboxylic acids is 1. The predicted molar refractivity (Wildman–Crippen MR) is 78.9 cm³/mol. The first-order chi connectivity index (χ1) is 10.3. The summed E-state index contributed by atoms with van der Waals surface area (Å²) in [6.45, 7) is 0.430. The van der Waals surface area contributed by atoms with Crippen molar-refractivity contribution in [1.82, 2.24) is 4.98 Å². The molecule has 1 heterocycles. The zero-order valence-corrected chi connectivity index (χ0v) is 11.9. The highest BCUT2D eigenvalue weighted by Crippen LogP contribution is 2.43. The van der Waals surface area contributed by atoms with E-state index >= 15 is 0 Å². The maximum Gasteiger partial charge on any atom is 0.217 e. The van der Waals surface area contributed by atoms with Gasteiger partial charge in [0, 0.05) is 5.56 Å². The van der Waals surface area contributed by atoms with Crippen LogP contribution in [0.1, 0.15) is 40.4 Å². The van der Waals surface area contributed by atoms with Gasteiger partial charge in [0.05, 0.1) is 7.11 Å². The van der Waals surface area contributed by atoms with E-state index in [1.165, 1.54) is 12.8 Å². The van der Waals surface area contributed by atoms with Gasteiger partial charge in [0.2, 0.25) is 5.88 Å². The van der Waals surface area contributed by atoms with Gasteiger partial charge in [-0.3, -0.25) is 4.79 Å². The standard InChI is InChI=1S/C17H17NO3/c1-20-15-7-2-12(3-8-15)11-21-17-16(13-4-5-13)9-6-14(10-19)18-17/h2-3,6-10,13H,4-5,11H2,1H3. The van der Waals surface area contributed by atoms with Crippen LogP contribution < -0.4 is 9.47 Å². The number of aldehydes is 1. The van der Waals surface area contributed by atoms with E-state index in [-0.39, 0.29) is 0 Å². The third kappa shape index (κ3) is 3.21. The molecule has 0 N–H and O–H groups in total. The van der Waals surface area contributed by atoms with Gasteiger partial charge in [-0.15, -0.1) is 0 Å². The molecule has 1 aromatic heterocycles. The number of rotatable bonds is 6. The average molecular weight is 283 g/mol. The van der Waals surface area contributed by atoms with Crippen LogP contribution in [-0.2, 0) is 6.61 Å². The highest BCUT2D eigenvalue weighted by atomic mass is 16.5. The average Bonchev–Trinajstić information content (AvgIpc) is 3.38. The van der Waals surface area contributed by atoms with Gasteiger partial charge in [-0.2, -0.15) is 0 Å². The first-order valence-electron chi connectivity index (χ1n) is 7.02. The number of methoxy groups -OCH3 is 1. The van der Waals surface area contributed by atoms with E-state index in [9.17, 15) is 4.79 Å². The van der Waals surface area contributed by atoms with Crippen molar-refractivity contribution >= 4 is 6.29 Å². The fourth-order valence-electron chi connectivity index (χ4n) is 2.23. The Bertz CT molecular complexity index is 633. The molecule has 0 bridgehead atoms. The smallest absolute Gasteiger partial charge is 0.217 e. The molecule has 2 aromatic rings. The van der Waals surface area contributed by atoms with Crippen molar-refractivity contribution in [3.63, 3.8) is 0 Å². The fraction of sp³-hybridized carbons (Fsp3) is 0.294. The first kappa shape index (κ1) is 13.6. The first-order valence-corrected chi connectivity index (χ1v) is 7.02. The Hall–Kier alpha value is -2.36. The third-order valence-corrected chi connectivity index (χ3v) is 3.58. The van der Waals surface area contributed by atoms with E-state index in [4.69, 9.17) is 9.47 Å². The summed E-state index contributed by atoms with van der Waals surface area (Å²) in [4.78, 5) is 15.2. The van der Waals surface area contributed by atoms with E-state index in [2.05, 4.69) is 4.98 Å². The molecule has 4 nitrogen and oxygen atoms in total. The van der Waals surface area contributed by atoms with Gasteiger partial charge in [0.25, 0.3) is 0 Å². The summed E-state index contributed by atoms with van der Waals surface area (Å²) in [5.74, 6) is 1.93. The molecule has 0 spiro atoms. The van der Waals surface area contributed by atoms with Gasteiger partial charge in [0.1, 0.15) is 18.1 Å². The van der Waals surface area contributed by atoms with Crippen LogP contribution in [0.2, 0.25) is 0 Å². The number of hydrogen-bond acceptors (Lipinski definition) is 4. The zero-order valence-electron chi connectivity index (χ0n) is 11.9. The maximum atomic E-state index is 10.9. The quantitative estimate of drug-likeness (QED) is 0.763. The molecule has 1 saturated carbocycles. The second-order valence-corrected chi connectivity index (χ2v) is 5.16. The van der Waals surface area contributed by atoms with Crippen LogP contribution in [0, 0.1) is 0 Å².